The Bertz CT molecular complexity index is 237. The van der Waals surface area contributed by atoms with E-state index >= 15 is 0 Å². The van der Waals surface area contributed by atoms with Crippen molar-refractivity contribution in [3.8, 4) is 0 Å². The maximum atomic E-state index is 11.5. The van der Waals surface area contributed by atoms with Crippen LogP contribution >= 0.6 is 0 Å². The van der Waals surface area contributed by atoms with Gasteiger partial charge in [-0.25, -0.2) is 4.79 Å². The summed E-state index contributed by atoms with van der Waals surface area (Å²) in [5.74, 6) is -1.55. The minimum absolute atomic E-state index is 0.00773. The minimum Gasteiger partial charge on any atom is -0.480 e. The predicted octanol–water partition coefficient (Wildman–Crippen LogP) is -0.883. The van der Waals surface area contributed by atoms with Crippen LogP contribution in [0.3, 0.4) is 0 Å². The Morgan fingerprint density at radius 2 is 2.27 bits per heavy atom. The minimum atomic E-state index is -1.14. The number of rotatable bonds is 5. The fourth-order valence-corrected chi connectivity index (χ4v) is 1.44. The third-order valence-electron chi connectivity index (χ3n) is 2.25. The highest BCUT2D eigenvalue weighted by Crippen LogP contribution is 2.12. The molecule has 1 aliphatic rings. The van der Waals surface area contributed by atoms with Crippen molar-refractivity contribution in [2.45, 2.75) is 31.4 Å². The van der Waals surface area contributed by atoms with Crippen molar-refractivity contribution in [2.24, 2.45) is 0 Å². The molecule has 0 aromatic rings. The van der Waals surface area contributed by atoms with E-state index in [1.54, 1.807) is 0 Å². The van der Waals surface area contributed by atoms with Gasteiger partial charge in [-0.2, -0.15) is 0 Å². The Morgan fingerprint density at radius 1 is 1.53 bits per heavy atom. The van der Waals surface area contributed by atoms with Crippen molar-refractivity contribution in [2.75, 3.05) is 13.2 Å². The van der Waals surface area contributed by atoms with Crippen LogP contribution in [0.2, 0.25) is 0 Å². The number of carboxylic acids is 1. The van der Waals surface area contributed by atoms with Crippen LogP contribution in [-0.2, 0) is 14.3 Å². The molecule has 86 valence electrons. The van der Waals surface area contributed by atoms with Crippen LogP contribution in [0.15, 0.2) is 0 Å². The largest absolute Gasteiger partial charge is 0.480 e. The van der Waals surface area contributed by atoms with Crippen LogP contribution in [0.5, 0.6) is 0 Å². The number of carbonyl (C=O) groups excluding carboxylic acids is 1. The number of hydrogen-bond donors (Lipinski definition) is 3. The summed E-state index contributed by atoms with van der Waals surface area (Å²) >= 11 is 0. The maximum Gasteiger partial charge on any atom is 0.326 e. The summed E-state index contributed by atoms with van der Waals surface area (Å²) in [4.78, 5) is 22.1. The van der Waals surface area contributed by atoms with E-state index in [-0.39, 0.29) is 13.0 Å². The standard InChI is InChI=1S/C9H15NO5/c11-4-3-6(9(13)14)10-8(12)7-2-1-5-15-7/h6-7,11H,1-5H2,(H,10,12)(H,13,14)/t6?,7-/m1/s1. The lowest BCUT2D eigenvalue weighted by atomic mass is 10.2. The average molecular weight is 217 g/mol. The lowest BCUT2D eigenvalue weighted by Crippen LogP contribution is -2.45. The van der Waals surface area contributed by atoms with Gasteiger partial charge in [-0.15, -0.1) is 0 Å². The number of carbonyl (C=O) groups is 2. The van der Waals surface area contributed by atoms with Crippen molar-refractivity contribution >= 4 is 11.9 Å². The lowest BCUT2D eigenvalue weighted by Gasteiger charge is -2.15. The molecule has 15 heavy (non-hydrogen) atoms. The topological polar surface area (TPSA) is 95.9 Å². The Morgan fingerprint density at radius 3 is 2.73 bits per heavy atom. The summed E-state index contributed by atoms with van der Waals surface area (Å²) in [6.07, 6.45) is 0.909. The first-order valence-corrected chi connectivity index (χ1v) is 4.90. The van der Waals surface area contributed by atoms with Crippen LogP contribution in [0.25, 0.3) is 0 Å². The molecule has 0 spiro atoms. The van der Waals surface area contributed by atoms with Gasteiger partial charge in [0.2, 0.25) is 5.91 Å². The van der Waals surface area contributed by atoms with E-state index in [4.69, 9.17) is 14.9 Å². The second kappa shape index (κ2) is 5.67. The zero-order valence-corrected chi connectivity index (χ0v) is 8.31. The monoisotopic (exact) mass is 217 g/mol. The molecule has 0 aliphatic carbocycles. The van der Waals surface area contributed by atoms with Gasteiger partial charge < -0.3 is 20.3 Å². The van der Waals surface area contributed by atoms with Crippen molar-refractivity contribution in [3.05, 3.63) is 0 Å². The summed E-state index contributed by atoms with van der Waals surface area (Å²) in [6.45, 7) is 0.262. The molecule has 6 nitrogen and oxygen atoms in total. The van der Waals surface area contributed by atoms with Crippen molar-refractivity contribution in [1.29, 1.82) is 0 Å². The van der Waals surface area contributed by atoms with E-state index in [0.717, 1.165) is 6.42 Å². The number of ether oxygens (including phenoxy) is 1. The molecule has 3 N–H and O–H groups in total. The number of aliphatic hydroxyl groups is 1. The molecule has 1 fully saturated rings. The number of aliphatic carboxylic acids is 1. The molecule has 6 heteroatoms. The van der Waals surface area contributed by atoms with Gasteiger partial charge in [-0.3, -0.25) is 4.79 Å². The molecule has 1 rings (SSSR count). The van der Waals surface area contributed by atoms with E-state index < -0.39 is 24.0 Å². The molecule has 0 bridgehead atoms. The number of carboxylic acid groups (broad SMARTS) is 1. The first-order valence-electron chi connectivity index (χ1n) is 4.90. The molecule has 2 atom stereocenters. The summed E-state index contributed by atoms with van der Waals surface area (Å²) in [6, 6.07) is -1.04. The van der Waals surface area contributed by atoms with Gasteiger partial charge >= 0.3 is 5.97 Å². The highest BCUT2D eigenvalue weighted by atomic mass is 16.5. The smallest absolute Gasteiger partial charge is 0.326 e. The zero-order chi connectivity index (χ0) is 11.3. The normalized spacial score (nSPS) is 22.3. The van der Waals surface area contributed by atoms with Gasteiger partial charge in [0.1, 0.15) is 12.1 Å². The molecule has 0 aromatic heterocycles. The average Bonchev–Trinajstić information content (AvgIpc) is 2.69. The molecule has 1 unspecified atom stereocenters. The second-order valence-electron chi connectivity index (χ2n) is 3.41. The van der Waals surface area contributed by atoms with Crippen LogP contribution in [0, 0.1) is 0 Å². The molecule has 0 saturated carbocycles. The quantitative estimate of drug-likeness (QED) is 0.555. The van der Waals surface area contributed by atoms with Gasteiger partial charge in [0, 0.05) is 19.6 Å². The van der Waals surface area contributed by atoms with Crippen LogP contribution < -0.4 is 5.32 Å². The van der Waals surface area contributed by atoms with Gasteiger partial charge in [-0.05, 0) is 12.8 Å². The van der Waals surface area contributed by atoms with E-state index in [2.05, 4.69) is 5.32 Å². The van der Waals surface area contributed by atoms with Crippen molar-refractivity contribution < 1.29 is 24.5 Å². The summed E-state index contributed by atoms with van der Waals surface area (Å²) in [5.41, 5.74) is 0. The molecular formula is C9H15NO5. The summed E-state index contributed by atoms with van der Waals surface area (Å²) < 4.78 is 5.11. The number of aliphatic hydroxyl groups excluding tert-OH is 1. The summed E-state index contributed by atoms with van der Waals surface area (Å²) in [7, 11) is 0. The predicted molar refractivity (Wildman–Crippen MR) is 50.2 cm³/mol. The highest BCUT2D eigenvalue weighted by Gasteiger charge is 2.27. The molecular weight excluding hydrogens is 202 g/mol. The Balaban J connectivity index is 2.42. The van der Waals surface area contributed by atoms with Crippen LogP contribution in [-0.4, -0.2) is 47.4 Å². The van der Waals surface area contributed by atoms with E-state index in [9.17, 15) is 9.59 Å². The van der Waals surface area contributed by atoms with Gasteiger partial charge in [0.25, 0.3) is 0 Å². The van der Waals surface area contributed by atoms with Gasteiger partial charge in [0.15, 0.2) is 0 Å². The van der Waals surface area contributed by atoms with Gasteiger partial charge in [0.05, 0.1) is 0 Å². The molecule has 1 aliphatic heterocycles. The molecule has 0 radical (unpaired) electrons. The molecule has 1 heterocycles. The fraction of sp³-hybridized carbons (Fsp3) is 0.778. The molecule has 0 aromatic carbocycles. The zero-order valence-electron chi connectivity index (χ0n) is 8.31. The van der Waals surface area contributed by atoms with E-state index in [1.807, 2.05) is 0 Å². The van der Waals surface area contributed by atoms with E-state index in [1.165, 1.54) is 0 Å². The number of hydrogen-bond acceptors (Lipinski definition) is 4. The summed E-state index contributed by atoms with van der Waals surface area (Å²) in [5, 5.41) is 19.7. The Hall–Kier alpha value is -1.14. The Labute approximate surface area is 87.2 Å². The number of nitrogens with one attached hydrogen (secondary N) is 1. The lowest BCUT2D eigenvalue weighted by molar-refractivity contribution is -0.144. The maximum absolute atomic E-state index is 11.5. The first kappa shape index (κ1) is 11.9. The molecule has 1 amide bonds. The van der Waals surface area contributed by atoms with E-state index in [0.29, 0.717) is 13.0 Å². The van der Waals surface area contributed by atoms with Gasteiger partial charge in [-0.1, -0.05) is 0 Å². The molecule has 1 saturated heterocycles. The van der Waals surface area contributed by atoms with Crippen molar-refractivity contribution in [3.63, 3.8) is 0 Å². The van der Waals surface area contributed by atoms with Crippen LogP contribution in [0.1, 0.15) is 19.3 Å². The SMILES string of the molecule is O=C(O)C(CCO)NC(=O)[C@H]1CCCO1. The second-order valence-corrected chi connectivity index (χ2v) is 3.41. The van der Waals surface area contributed by atoms with Crippen LogP contribution in [0.4, 0.5) is 0 Å². The Kier molecular flexibility index (Phi) is 4.51. The third kappa shape index (κ3) is 3.49. The third-order valence-corrected chi connectivity index (χ3v) is 2.25. The fourth-order valence-electron chi connectivity index (χ4n) is 1.44. The van der Waals surface area contributed by atoms with Crippen molar-refractivity contribution in [1.82, 2.24) is 5.32 Å². The highest BCUT2D eigenvalue weighted by molar-refractivity contribution is 5.86. The first-order chi connectivity index (χ1) is 7.15. The number of amides is 1.